The number of rotatable bonds is 10. The minimum atomic E-state index is -0.682. The second kappa shape index (κ2) is 11.0. The van der Waals surface area contributed by atoms with Crippen LogP contribution in [0.15, 0.2) is 36.4 Å². The number of hydrogen-bond acceptors (Lipinski definition) is 6. The van der Waals surface area contributed by atoms with Gasteiger partial charge in [-0.25, -0.2) is 4.79 Å². The van der Waals surface area contributed by atoms with Crippen molar-refractivity contribution in [2.45, 2.75) is 39.3 Å². The van der Waals surface area contributed by atoms with E-state index in [0.717, 1.165) is 23.1 Å². The Balaban J connectivity index is 1.89. The van der Waals surface area contributed by atoms with E-state index in [1.165, 1.54) is 0 Å². The number of phenols is 1. The molecule has 2 rings (SSSR count). The Morgan fingerprint density at radius 2 is 1.93 bits per heavy atom. The highest BCUT2D eigenvalue weighted by Crippen LogP contribution is 2.28. The van der Waals surface area contributed by atoms with Crippen molar-refractivity contribution in [1.29, 1.82) is 0 Å². The van der Waals surface area contributed by atoms with Crippen LogP contribution in [0, 0.1) is 6.92 Å². The normalized spacial score (nSPS) is 13.0. The summed E-state index contributed by atoms with van der Waals surface area (Å²) < 4.78 is 10.3. The number of ether oxygens (including phenoxy) is 2. The first-order valence-corrected chi connectivity index (χ1v) is 9.97. The Hall–Kier alpha value is -2.28. The molecule has 0 amide bonds. The lowest BCUT2D eigenvalue weighted by molar-refractivity contribution is -0.145. The Bertz CT molecular complexity index is 810. The average molecular weight is 422 g/mol. The number of aliphatic hydroxyl groups excluding tert-OH is 1. The second-order valence-corrected chi connectivity index (χ2v) is 7.24. The summed E-state index contributed by atoms with van der Waals surface area (Å²) in [7, 11) is 0. The summed E-state index contributed by atoms with van der Waals surface area (Å²) in [5, 5.41) is 23.5. The fraction of sp³-hybridized carbons (Fsp3) is 0.409. The molecule has 0 aliphatic rings. The minimum absolute atomic E-state index is 0.164. The van der Waals surface area contributed by atoms with Crippen molar-refractivity contribution in [2.75, 3.05) is 19.8 Å². The highest BCUT2D eigenvalue weighted by atomic mass is 35.5. The van der Waals surface area contributed by atoms with Gasteiger partial charge in [-0.2, -0.15) is 0 Å². The molecule has 0 unspecified atom stereocenters. The van der Waals surface area contributed by atoms with Crippen LogP contribution in [0.2, 0.25) is 5.02 Å². The van der Waals surface area contributed by atoms with E-state index in [2.05, 4.69) is 5.32 Å². The second-order valence-electron chi connectivity index (χ2n) is 6.83. The van der Waals surface area contributed by atoms with Gasteiger partial charge in [0.05, 0.1) is 17.7 Å². The summed E-state index contributed by atoms with van der Waals surface area (Å²) in [6, 6.07) is 10.0. The third kappa shape index (κ3) is 6.92. The van der Waals surface area contributed by atoms with E-state index >= 15 is 0 Å². The number of phenolic OH excluding ortho intramolecular Hbond substituents is 1. The number of aryl methyl sites for hydroxylation is 1. The van der Waals surface area contributed by atoms with Gasteiger partial charge in [-0.3, -0.25) is 0 Å². The van der Waals surface area contributed by atoms with Gasteiger partial charge < -0.3 is 25.0 Å². The fourth-order valence-corrected chi connectivity index (χ4v) is 3.16. The number of benzene rings is 2. The van der Waals surface area contributed by atoms with Crippen LogP contribution in [0.25, 0.3) is 0 Å². The van der Waals surface area contributed by atoms with Crippen LogP contribution in [0.4, 0.5) is 0 Å². The van der Waals surface area contributed by atoms with Crippen molar-refractivity contribution in [3.8, 4) is 11.5 Å². The topological polar surface area (TPSA) is 88.0 Å². The van der Waals surface area contributed by atoms with E-state index in [1.54, 1.807) is 31.2 Å². The van der Waals surface area contributed by atoms with Crippen LogP contribution >= 0.6 is 11.6 Å². The van der Waals surface area contributed by atoms with E-state index in [-0.39, 0.29) is 18.4 Å². The highest BCUT2D eigenvalue weighted by Gasteiger charge is 2.16. The molecule has 0 aromatic heterocycles. The van der Waals surface area contributed by atoms with Gasteiger partial charge in [-0.1, -0.05) is 23.7 Å². The van der Waals surface area contributed by atoms with Gasteiger partial charge in [0.15, 0.2) is 6.61 Å². The molecule has 3 N–H and O–H groups in total. The number of aromatic hydroxyl groups is 1. The van der Waals surface area contributed by atoms with Crippen LogP contribution in [0.3, 0.4) is 0 Å². The van der Waals surface area contributed by atoms with Crippen LogP contribution in [0.1, 0.15) is 36.6 Å². The van der Waals surface area contributed by atoms with E-state index in [4.69, 9.17) is 21.1 Å². The lowest BCUT2D eigenvalue weighted by Crippen LogP contribution is -2.33. The summed E-state index contributed by atoms with van der Waals surface area (Å²) in [4.78, 5) is 11.4. The minimum Gasteiger partial charge on any atom is -0.508 e. The zero-order chi connectivity index (χ0) is 21.4. The molecule has 0 fully saturated rings. The van der Waals surface area contributed by atoms with Gasteiger partial charge in [0.1, 0.15) is 11.5 Å². The van der Waals surface area contributed by atoms with E-state index in [1.807, 2.05) is 26.0 Å². The van der Waals surface area contributed by atoms with Crippen LogP contribution in [0.5, 0.6) is 11.5 Å². The number of halogens is 1. The van der Waals surface area contributed by atoms with Crippen molar-refractivity contribution >= 4 is 17.6 Å². The van der Waals surface area contributed by atoms with E-state index < -0.39 is 12.1 Å². The summed E-state index contributed by atoms with van der Waals surface area (Å²) in [6.45, 7) is 6.38. The summed E-state index contributed by atoms with van der Waals surface area (Å²) >= 11 is 6.29. The fourth-order valence-electron chi connectivity index (χ4n) is 2.92. The molecule has 6 nitrogen and oxygen atoms in total. The Labute approximate surface area is 176 Å². The van der Waals surface area contributed by atoms with Gasteiger partial charge in [0.25, 0.3) is 0 Å². The lowest BCUT2D eigenvalue weighted by atomic mass is 10.0. The lowest BCUT2D eigenvalue weighted by Gasteiger charge is -2.21. The zero-order valence-corrected chi connectivity index (χ0v) is 17.7. The monoisotopic (exact) mass is 421 g/mol. The molecule has 0 spiro atoms. The first-order valence-electron chi connectivity index (χ1n) is 9.59. The molecule has 0 saturated carbocycles. The molecule has 0 aliphatic carbocycles. The largest absolute Gasteiger partial charge is 0.508 e. The van der Waals surface area contributed by atoms with Gasteiger partial charge in [-0.05, 0) is 74.7 Å². The molecule has 0 bridgehead atoms. The first-order chi connectivity index (χ1) is 13.8. The summed E-state index contributed by atoms with van der Waals surface area (Å²) in [5.74, 6) is 0.185. The molecule has 7 heteroatoms. The molecule has 0 aliphatic heterocycles. The molecule has 0 heterocycles. The number of hydrogen-bond donors (Lipinski definition) is 3. The number of carbonyl (C=O) groups is 1. The number of esters is 1. The maximum Gasteiger partial charge on any atom is 0.344 e. The quantitative estimate of drug-likeness (QED) is 0.508. The molecule has 158 valence electrons. The molecule has 2 aromatic carbocycles. The van der Waals surface area contributed by atoms with Crippen molar-refractivity contribution in [3.05, 3.63) is 58.1 Å². The molecule has 29 heavy (non-hydrogen) atoms. The van der Waals surface area contributed by atoms with Crippen molar-refractivity contribution in [3.63, 3.8) is 0 Å². The third-order valence-electron chi connectivity index (χ3n) is 4.61. The SMILES string of the molecule is CCOC(=O)COc1cc(C)c(CCN[C@@H](C)[C@@H](O)c2ccc(O)cc2)cc1Cl. The number of nitrogens with one attached hydrogen (secondary N) is 1. The van der Waals surface area contributed by atoms with Gasteiger partial charge in [0.2, 0.25) is 0 Å². The zero-order valence-electron chi connectivity index (χ0n) is 16.9. The van der Waals surface area contributed by atoms with E-state index in [9.17, 15) is 15.0 Å². The number of carbonyl (C=O) groups excluding carboxylic acids is 1. The third-order valence-corrected chi connectivity index (χ3v) is 4.91. The molecule has 0 saturated heterocycles. The van der Waals surface area contributed by atoms with Crippen molar-refractivity contribution in [2.24, 2.45) is 0 Å². The van der Waals surface area contributed by atoms with Crippen molar-refractivity contribution in [1.82, 2.24) is 5.32 Å². The van der Waals surface area contributed by atoms with Crippen LogP contribution in [-0.4, -0.2) is 42.0 Å². The van der Waals surface area contributed by atoms with Crippen LogP contribution in [-0.2, 0) is 16.0 Å². The summed E-state index contributed by atoms with van der Waals surface area (Å²) in [6.07, 6.45) is 0.0371. The van der Waals surface area contributed by atoms with E-state index in [0.29, 0.717) is 23.9 Å². The molecule has 2 atom stereocenters. The Morgan fingerprint density at radius 3 is 2.59 bits per heavy atom. The maximum absolute atomic E-state index is 11.4. The van der Waals surface area contributed by atoms with Gasteiger partial charge in [0, 0.05) is 6.04 Å². The smallest absolute Gasteiger partial charge is 0.344 e. The van der Waals surface area contributed by atoms with Gasteiger partial charge >= 0.3 is 5.97 Å². The molecule has 0 radical (unpaired) electrons. The maximum atomic E-state index is 11.4. The molecule has 2 aromatic rings. The van der Waals surface area contributed by atoms with Crippen molar-refractivity contribution < 1.29 is 24.5 Å². The predicted molar refractivity (Wildman–Crippen MR) is 113 cm³/mol. The standard InChI is InChI=1S/C22H28ClNO5/c1-4-28-21(26)13-29-20-11-14(2)17(12-19(20)23)9-10-24-15(3)22(27)16-5-7-18(25)8-6-16/h5-8,11-12,15,22,24-25,27H,4,9-10,13H2,1-3H3/t15-,22+/m0/s1. The predicted octanol–water partition coefficient (Wildman–Crippen LogP) is 3.55. The van der Waals surface area contributed by atoms with Crippen LogP contribution < -0.4 is 10.1 Å². The Morgan fingerprint density at radius 1 is 1.24 bits per heavy atom. The molecular formula is C22H28ClNO5. The highest BCUT2D eigenvalue weighted by molar-refractivity contribution is 6.32. The average Bonchev–Trinajstić information content (AvgIpc) is 2.69. The first kappa shape index (κ1) is 23.0. The molecular weight excluding hydrogens is 394 g/mol. The Kier molecular flexibility index (Phi) is 8.76. The van der Waals surface area contributed by atoms with Gasteiger partial charge in [-0.15, -0.1) is 0 Å². The number of aliphatic hydroxyl groups is 1. The summed E-state index contributed by atoms with van der Waals surface area (Å²) in [5.41, 5.74) is 2.80.